The molecule has 0 radical (unpaired) electrons. The first kappa shape index (κ1) is 20.6. The number of nitrogens with one attached hydrogen (secondary N) is 2. The lowest BCUT2D eigenvalue weighted by molar-refractivity contribution is -0.144. The molecule has 0 saturated heterocycles. The van der Waals surface area contributed by atoms with Crippen LogP contribution in [0.1, 0.15) is 42.1 Å². The van der Waals surface area contributed by atoms with Crippen molar-refractivity contribution in [3.8, 4) is 0 Å². The highest BCUT2D eigenvalue weighted by atomic mass is 32.1. The minimum Gasteiger partial charge on any atom is -0.481 e. The molecule has 7 heteroatoms. The van der Waals surface area contributed by atoms with Crippen LogP contribution >= 0.6 is 11.3 Å². The fraction of sp³-hybridized carbons (Fsp3) is 0.350. The van der Waals surface area contributed by atoms with Crippen molar-refractivity contribution in [3.63, 3.8) is 0 Å². The Morgan fingerprint density at radius 1 is 1.11 bits per heavy atom. The molecule has 1 heterocycles. The molecule has 1 atom stereocenters. The van der Waals surface area contributed by atoms with Crippen LogP contribution < -0.4 is 10.6 Å². The zero-order chi connectivity index (χ0) is 19.7. The molecule has 144 valence electrons. The topological polar surface area (TPSA) is 95.5 Å². The lowest BCUT2D eigenvalue weighted by Crippen LogP contribution is -2.46. The first-order valence-corrected chi connectivity index (χ1v) is 9.80. The highest BCUT2D eigenvalue weighted by molar-refractivity contribution is 7.08. The summed E-state index contributed by atoms with van der Waals surface area (Å²) < 4.78 is 0. The summed E-state index contributed by atoms with van der Waals surface area (Å²) >= 11 is 1.45. The average molecular weight is 388 g/mol. The Bertz CT molecular complexity index is 762. The van der Waals surface area contributed by atoms with Gasteiger partial charge in [0.1, 0.15) is 5.41 Å². The molecule has 3 N–H and O–H groups in total. The van der Waals surface area contributed by atoms with E-state index in [9.17, 15) is 19.5 Å². The van der Waals surface area contributed by atoms with Crippen molar-refractivity contribution in [2.45, 2.75) is 31.6 Å². The Hall–Kier alpha value is -2.67. The van der Waals surface area contributed by atoms with Gasteiger partial charge in [-0.1, -0.05) is 37.3 Å². The summed E-state index contributed by atoms with van der Waals surface area (Å²) in [5, 5.41) is 18.9. The second kappa shape index (κ2) is 9.87. The highest BCUT2D eigenvalue weighted by Crippen LogP contribution is 2.27. The number of carbonyl (C=O) groups excluding carboxylic acids is 2. The molecule has 2 rings (SSSR count). The van der Waals surface area contributed by atoms with Crippen LogP contribution in [0.2, 0.25) is 0 Å². The van der Waals surface area contributed by atoms with Gasteiger partial charge >= 0.3 is 5.97 Å². The third kappa shape index (κ3) is 5.40. The Balaban J connectivity index is 1.82. The highest BCUT2D eigenvalue weighted by Gasteiger charge is 2.38. The molecular formula is C20H24N2O4S. The molecule has 1 unspecified atom stereocenters. The van der Waals surface area contributed by atoms with E-state index in [1.807, 2.05) is 11.4 Å². The van der Waals surface area contributed by atoms with Crippen molar-refractivity contribution >= 4 is 29.1 Å². The van der Waals surface area contributed by atoms with Gasteiger partial charge in [0.05, 0.1) is 0 Å². The first-order valence-electron chi connectivity index (χ1n) is 8.85. The third-order valence-electron chi connectivity index (χ3n) is 4.58. The molecule has 0 spiro atoms. The van der Waals surface area contributed by atoms with Crippen LogP contribution in [0.4, 0.5) is 0 Å². The van der Waals surface area contributed by atoms with Crippen molar-refractivity contribution in [2.75, 3.05) is 13.1 Å². The smallest absolute Gasteiger partial charge is 0.315 e. The number of thiophene rings is 1. The van der Waals surface area contributed by atoms with E-state index < -0.39 is 11.4 Å². The van der Waals surface area contributed by atoms with Gasteiger partial charge in [-0.15, -0.1) is 0 Å². The fourth-order valence-corrected chi connectivity index (χ4v) is 3.46. The van der Waals surface area contributed by atoms with Gasteiger partial charge < -0.3 is 15.7 Å². The minimum atomic E-state index is -1.15. The van der Waals surface area contributed by atoms with Gasteiger partial charge in [-0.2, -0.15) is 11.3 Å². The van der Waals surface area contributed by atoms with Crippen LogP contribution in [0.15, 0.2) is 47.2 Å². The molecule has 0 fully saturated rings. The van der Waals surface area contributed by atoms with E-state index >= 15 is 0 Å². The van der Waals surface area contributed by atoms with Crippen molar-refractivity contribution in [1.82, 2.24) is 10.6 Å². The normalized spacial score (nSPS) is 12.8. The van der Waals surface area contributed by atoms with Crippen LogP contribution in [-0.4, -0.2) is 36.0 Å². The molecule has 1 aromatic carbocycles. The molecule has 0 saturated carbocycles. The van der Waals surface area contributed by atoms with E-state index in [2.05, 4.69) is 10.6 Å². The second-order valence-electron chi connectivity index (χ2n) is 6.26. The summed E-state index contributed by atoms with van der Waals surface area (Å²) in [5.74, 6) is -1.34. The largest absolute Gasteiger partial charge is 0.481 e. The predicted molar refractivity (Wildman–Crippen MR) is 105 cm³/mol. The van der Waals surface area contributed by atoms with Crippen LogP contribution in [-0.2, 0) is 15.0 Å². The summed E-state index contributed by atoms with van der Waals surface area (Å²) in [6.07, 6.45) is 1.07. The fourth-order valence-electron chi connectivity index (χ4n) is 2.82. The molecular weight excluding hydrogens is 364 g/mol. The summed E-state index contributed by atoms with van der Waals surface area (Å²) in [7, 11) is 0. The van der Waals surface area contributed by atoms with Gasteiger partial charge in [0.2, 0.25) is 5.91 Å². The second-order valence-corrected chi connectivity index (χ2v) is 7.04. The molecule has 0 aliphatic rings. The number of carboxylic acid groups (broad SMARTS) is 1. The average Bonchev–Trinajstić information content (AvgIpc) is 3.21. The van der Waals surface area contributed by atoms with Crippen molar-refractivity contribution in [3.05, 3.63) is 58.3 Å². The Morgan fingerprint density at radius 2 is 1.85 bits per heavy atom. The van der Waals surface area contributed by atoms with E-state index in [1.165, 1.54) is 11.3 Å². The van der Waals surface area contributed by atoms with Crippen molar-refractivity contribution in [1.29, 1.82) is 0 Å². The van der Waals surface area contributed by atoms with Gasteiger partial charge in [-0.3, -0.25) is 14.4 Å². The number of carboxylic acids is 1. The number of hydrogen-bond donors (Lipinski definition) is 3. The first-order chi connectivity index (χ1) is 13.0. The van der Waals surface area contributed by atoms with Crippen molar-refractivity contribution in [2.24, 2.45) is 0 Å². The van der Waals surface area contributed by atoms with Gasteiger partial charge in [0.25, 0.3) is 5.91 Å². The lowest BCUT2D eigenvalue weighted by Gasteiger charge is -2.29. The van der Waals surface area contributed by atoms with Gasteiger partial charge in [-0.25, -0.2) is 0 Å². The number of aliphatic carboxylic acids is 1. The van der Waals surface area contributed by atoms with E-state index in [1.54, 1.807) is 42.6 Å². The number of hydrogen-bond acceptors (Lipinski definition) is 4. The standard InChI is InChI=1S/C20H24N2O4S/c1-2-20(19(25)26,16-7-4-3-5-8-16)14-22-17(23)9-6-11-21-18(24)15-10-12-27-13-15/h3-5,7-8,10,12-13H,2,6,9,11,14H2,1H3,(H,21,24)(H,22,23)(H,25,26). The zero-order valence-electron chi connectivity index (χ0n) is 15.2. The van der Waals surface area contributed by atoms with Crippen molar-refractivity contribution < 1.29 is 19.5 Å². The van der Waals surface area contributed by atoms with E-state index in [-0.39, 0.29) is 24.8 Å². The van der Waals surface area contributed by atoms with E-state index in [0.29, 0.717) is 30.5 Å². The van der Waals surface area contributed by atoms with Crippen LogP contribution in [0.3, 0.4) is 0 Å². The lowest BCUT2D eigenvalue weighted by atomic mass is 9.78. The van der Waals surface area contributed by atoms with E-state index in [0.717, 1.165) is 0 Å². The maximum atomic E-state index is 12.1. The van der Waals surface area contributed by atoms with Gasteiger partial charge in [0.15, 0.2) is 0 Å². The van der Waals surface area contributed by atoms with E-state index in [4.69, 9.17) is 0 Å². The summed E-state index contributed by atoms with van der Waals surface area (Å²) in [5.41, 5.74) is 0.134. The number of carbonyl (C=O) groups is 3. The zero-order valence-corrected chi connectivity index (χ0v) is 16.1. The Labute approximate surface area is 162 Å². The molecule has 2 amide bonds. The molecule has 27 heavy (non-hydrogen) atoms. The Kier molecular flexibility index (Phi) is 7.55. The molecule has 0 aliphatic carbocycles. The minimum absolute atomic E-state index is 0.0307. The van der Waals surface area contributed by atoms with Gasteiger partial charge in [-0.05, 0) is 29.9 Å². The molecule has 0 aliphatic heterocycles. The molecule has 6 nitrogen and oxygen atoms in total. The van der Waals surface area contributed by atoms with Crippen LogP contribution in [0.25, 0.3) is 0 Å². The SMILES string of the molecule is CCC(CNC(=O)CCCNC(=O)c1ccsc1)(C(=O)O)c1ccccc1. The predicted octanol–water partition coefficient (Wildman–Crippen LogP) is 2.81. The number of benzene rings is 1. The summed E-state index contributed by atoms with van der Waals surface area (Å²) in [4.78, 5) is 35.8. The molecule has 0 bridgehead atoms. The van der Waals surface area contributed by atoms with Gasteiger partial charge in [0, 0.05) is 30.5 Å². The van der Waals surface area contributed by atoms with Crippen LogP contribution in [0, 0.1) is 0 Å². The monoisotopic (exact) mass is 388 g/mol. The quantitative estimate of drug-likeness (QED) is 0.546. The molecule has 2 aromatic rings. The summed E-state index contributed by atoms with van der Waals surface area (Å²) in [6.45, 7) is 2.22. The number of rotatable bonds is 10. The maximum absolute atomic E-state index is 12.1. The third-order valence-corrected chi connectivity index (χ3v) is 5.26. The molecule has 1 aromatic heterocycles. The Morgan fingerprint density at radius 3 is 2.44 bits per heavy atom. The van der Waals surface area contributed by atoms with Crippen LogP contribution in [0.5, 0.6) is 0 Å². The summed E-state index contributed by atoms with van der Waals surface area (Å²) in [6, 6.07) is 10.7. The number of amides is 2. The maximum Gasteiger partial charge on any atom is 0.315 e.